The van der Waals surface area contributed by atoms with Crippen molar-refractivity contribution in [2.45, 2.75) is 18.0 Å². The van der Waals surface area contributed by atoms with Gasteiger partial charge in [0.15, 0.2) is 0 Å². The Morgan fingerprint density at radius 2 is 1.75 bits per heavy atom. The molecule has 0 radical (unpaired) electrons. The van der Waals surface area contributed by atoms with Crippen LogP contribution in [-0.4, -0.2) is 8.42 Å². The lowest BCUT2D eigenvalue weighted by molar-refractivity contribution is 0.581. The van der Waals surface area contributed by atoms with Crippen molar-refractivity contribution in [2.75, 3.05) is 0 Å². The van der Waals surface area contributed by atoms with Crippen LogP contribution in [0.2, 0.25) is 5.02 Å². The lowest BCUT2D eigenvalue weighted by atomic mass is 10.2. The second-order valence-corrected chi connectivity index (χ2v) is 6.51. The molecule has 0 aromatic heterocycles. The maximum absolute atomic E-state index is 12.2. The number of nitrogens with one attached hydrogen (secondary N) is 1. The molecule has 0 heterocycles. The largest absolute Gasteiger partial charge is 0.326 e. The molecule has 0 atom stereocenters. The lowest BCUT2D eigenvalue weighted by Crippen LogP contribution is -2.23. The maximum Gasteiger partial charge on any atom is 0.240 e. The third kappa shape index (κ3) is 3.80. The number of nitrogens with two attached hydrogens (primary N) is 1. The summed E-state index contributed by atoms with van der Waals surface area (Å²) in [7, 11) is -3.54. The predicted molar refractivity (Wildman–Crippen MR) is 79.8 cm³/mol. The van der Waals surface area contributed by atoms with E-state index in [1.54, 1.807) is 48.5 Å². The van der Waals surface area contributed by atoms with E-state index >= 15 is 0 Å². The van der Waals surface area contributed by atoms with Crippen LogP contribution in [0.3, 0.4) is 0 Å². The van der Waals surface area contributed by atoms with E-state index in [4.69, 9.17) is 17.3 Å². The molecule has 2 aromatic carbocycles. The van der Waals surface area contributed by atoms with Gasteiger partial charge in [0.25, 0.3) is 0 Å². The van der Waals surface area contributed by atoms with Gasteiger partial charge >= 0.3 is 0 Å². The fourth-order valence-electron chi connectivity index (χ4n) is 1.70. The molecule has 3 N–H and O–H groups in total. The second-order valence-electron chi connectivity index (χ2n) is 4.30. The van der Waals surface area contributed by atoms with Gasteiger partial charge in [-0.3, -0.25) is 0 Å². The topological polar surface area (TPSA) is 72.2 Å². The van der Waals surface area contributed by atoms with Gasteiger partial charge in [0.2, 0.25) is 10.0 Å². The molecule has 0 saturated carbocycles. The predicted octanol–water partition coefficient (Wildman–Crippen LogP) is 2.28. The Balaban J connectivity index is 2.12. The smallest absolute Gasteiger partial charge is 0.240 e. The third-order valence-corrected chi connectivity index (χ3v) is 4.47. The van der Waals surface area contributed by atoms with E-state index in [1.165, 1.54) is 0 Å². The minimum atomic E-state index is -3.54. The molecule has 4 nitrogen and oxygen atoms in total. The Labute approximate surface area is 123 Å². The first-order valence-corrected chi connectivity index (χ1v) is 7.90. The lowest BCUT2D eigenvalue weighted by Gasteiger charge is -2.08. The average Bonchev–Trinajstić information content (AvgIpc) is 2.47. The van der Waals surface area contributed by atoms with Crippen molar-refractivity contribution in [1.29, 1.82) is 0 Å². The number of rotatable bonds is 5. The van der Waals surface area contributed by atoms with Crippen LogP contribution in [0.1, 0.15) is 11.1 Å². The molecule has 2 rings (SSSR count). The average molecular weight is 311 g/mol. The molecule has 106 valence electrons. The molecule has 6 heteroatoms. The molecular formula is C14H15ClN2O2S. The van der Waals surface area contributed by atoms with Crippen LogP contribution in [0.25, 0.3) is 0 Å². The van der Waals surface area contributed by atoms with Crippen molar-refractivity contribution in [1.82, 2.24) is 4.72 Å². The fourth-order valence-corrected chi connectivity index (χ4v) is 2.92. The minimum Gasteiger partial charge on any atom is -0.326 e. The highest BCUT2D eigenvalue weighted by atomic mass is 35.5. The van der Waals surface area contributed by atoms with Gasteiger partial charge in [-0.05, 0) is 35.4 Å². The van der Waals surface area contributed by atoms with Crippen molar-refractivity contribution in [3.8, 4) is 0 Å². The van der Waals surface area contributed by atoms with E-state index in [0.29, 0.717) is 11.6 Å². The van der Waals surface area contributed by atoms with Crippen molar-refractivity contribution < 1.29 is 8.42 Å². The summed E-state index contributed by atoms with van der Waals surface area (Å²) in [6, 6.07) is 13.6. The Bertz CT molecular complexity index is 685. The summed E-state index contributed by atoms with van der Waals surface area (Å²) in [6.45, 7) is 0.521. The Morgan fingerprint density at radius 1 is 1.05 bits per heavy atom. The first-order valence-electron chi connectivity index (χ1n) is 6.04. The third-order valence-electron chi connectivity index (χ3n) is 2.82. The van der Waals surface area contributed by atoms with E-state index in [0.717, 1.165) is 11.1 Å². The Morgan fingerprint density at radius 3 is 2.40 bits per heavy atom. The molecule has 20 heavy (non-hydrogen) atoms. The fraction of sp³-hybridized carbons (Fsp3) is 0.143. The Kier molecular flexibility index (Phi) is 4.77. The Hall–Kier alpha value is -1.40. The number of halogens is 1. The first kappa shape index (κ1) is 15.0. The summed E-state index contributed by atoms with van der Waals surface area (Å²) in [5.41, 5.74) is 7.13. The van der Waals surface area contributed by atoms with Gasteiger partial charge in [-0.1, -0.05) is 35.9 Å². The maximum atomic E-state index is 12.2. The molecule has 0 aliphatic rings. The van der Waals surface area contributed by atoms with E-state index in [1.807, 2.05) is 0 Å². The van der Waals surface area contributed by atoms with Crippen LogP contribution >= 0.6 is 11.6 Å². The molecule has 0 saturated heterocycles. The van der Waals surface area contributed by atoms with Crippen molar-refractivity contribution >= 4 is 21.6 Å². The molecule has 0 aliphatic heterocycles. The van der Waals surface area contributed by atoms with Crippen LogP contribution in [0.15, 0.2) is 53.4 Å². The first-order chi connectivity index (χ1) is 9.51. The molecule has 0 fully saturated rings. The van der Waals surface area contributed by atoms with Crippen LogP contribution in [0.4, 0.5) is 0 Å². The summed E-state index contributed by atoms with van der Waals surface area (Å²) < 4.78 is 26.9. The zero-order valence-corrected chi connectivity index (χ0v) is 12.3. The van der Waals surface area contributed by atoms with Gasteiger partial charge in [0, 0.05) is 18.1 Å². The quantitative estimate of drug-likeness (QED) is 0.890. The molecule has 0 bridgehead atoms. The molecular weight excluding hydrogens is 296 g/mol. The molecule has 0 spiro atoms. The van der Waals surface area contributed by atoms with Crippen LogP contribution in [0.5, 0.6) is 0 Å². The van der Waals surface area contributed by atoms with Crippen molar-refractivity contribution in [3.63, 3.8) is 0 Å². The zero-order chi connectivity index (χ0) is 14.6. The van der Waals surface area contributed by atoms with E-state index < -0.39 is 10.0 Å². The van der Waals surface area contributed by atoms with Gasteiger partial charge in [0.1, 0.15) is 0 Å². The number of sulfonamides is 1. The van der Waals surface area contributed by atoms with Crippen molar-refractivity contribution in [3.05, 3.63) is 64.7 Å². The second kappa shape index (κ2) is 6.37. The van der Waals surface area contributed by atoms with E-state index in [-0.39, 0.29) is 11.4 Å². The SMILES string of the molecule is NCc1cccc(S(=O)(=O)NCc2ccc(Cl)cc2)c1. The molecule has 0 aliphatic carbocycles. The van der Waals surface area contributed by atoms with Gasteiger partial charge in [-0.15, -0.1) is 0 Å². The highest BCUT2D eigenvalue weighted by Crippen LogP contribution is 2.13. The minimum absolute atomic E-state index is 0.215. The van der Waals surface area contributed by atoms with Gasteiger partial charge in [0.05, 0.1) is 4.90 Å². The number of hydrogen-bond acceptors (Lipinski definition) is 3. The van der Waals surface area contributed by atoms with Crippen LogP contribution < -0.4 is 10.5 Å². The highest BCUT2D eigenvalue weighted by Gasteiger charge is 2.13. The number of benzene rings is 2. The van der Waals surface area contributed by atoms with E-state index in [9.17, 15) is 8.42 Å². The molecule has 0 unspecified atom stereocenters. The van der Waals surface area contributed by atoms with Crippen molar-refractivity contribution in [2.24, 2.45) is 5.73 Å². The molecule has 0 amide bonds. The summed E-state index contributed by atoms with van der Waals surface area (Å²) in [5, 5.41) is 0.618. The molecule has 2 aromatic rings. The van der Waals surface area contributed by atoms with Crippen LogP contribution in [-0.2, 0) is 23.1 Å². The summed E-state index contributed by atoms with van der Waals surface area (Å²) >= 11 is 5.78. The highest BCUT2D eigenvalue weighted by molar-refractivity contribution is 7.89. The normalized spacial score (nSPS) is 11.5. The monoisotopic (exact) mass is 310 g/mol. The number of hydrogen-bond donors (Lipinski definition) is 2. The summed E-state index contributed by atoms with van der Waals surface area (Å²) in [4.78, 5) is 0.217. The summed E-state index contributed by atoms with van der Waals surface area (Å²) in [6.07, 6.45) is 0. The van der Waals surface area contributed by atoms with Gasteiger partial charge in [-0.2, -0.15) is 0 Å². The van der Waals surface area contributed by atoms with E-state index in [2.05, 4.69) is 4.72 Å². The van der Waals surface area contributed by atoms with Crippen LogP contribution in [0, 0.1) is 0 Å². The van der Waals surface area contributed by atoms with Gasteiger partial charge < -0.3 is 5.73 Å². The van der Waals surface area contributed by atoms with Gasteiger partial charge in [-0.25, -0.2) is 13.1 Å². The zero-order valence-electron chi connectivity index (χ0n) is 10.7. The standard InChI is InChI=1S/C14H15ClN2O2S/c15-13-6-4-11(5-7-13)10-17-20(18,19)14-3-1-2-12(8-14)9-16/h1-8,17H,9-10,16H2. The summed E-state index contributed by atoms with van der Waals surface area (Å²) in [5.74, 6) is 0.